The molecule has 3 nitrogen and oxygen atoms in total. The van der Waals surface area contributed by atoms with E-state index < -0.39 is 23.7 Å². The van der Waals surface area contributed by atoms with E-state index in [1.807, 2.05) is 24.3 Å². The Hall–Kier alpha value is -5.18. The third-order valence-corrected chi connectivity index (χ3v) is 18.4. The molecular formula is C48H38Cl2O3P2Si. The Bertz CT molecular complexity index is 2030. The predicted molar refractivity (Wildman–Crippen MR) is 239 cm³/mol. The lowest BCUT2D eigenvalue weighted by molar-refractivity contribution is -0.354. The molecule has 8 aromatic carbocycles. The first-order valence-corrected chi connectivity index (χ1v) is 23.4. The summed E-state index contributed by atoms with van der Waals surface area (Å²) in [5.74, 6) is 0. The molecule has 0 spiro atoms. The average molecular weight is 824 g/mol. The second-order valence-electron chi connectivity index (χ2n) is 12.6. The maximum atomic E-state index is 8.52. The fraction of sp³-hybridized carbons (Fsp3) is 0. The first-order chi connectivity index (χ1) is 27.4. The first kappa shape index (κ1) is 40.5. The van der Waals surface area contributed by atoms with Gasteiger partial charge in [0.05, 0.1) is 0 Å². The van der Waals surface area contributed by atoms with Crippen molar-refractivity contribution in [2.24, 2.45) is 0 Å². The zero-order chi connectivity index (χ0) is 39.2. The van der Waals surface area contributed by atoms with Crippen LogP contribution >= 0.6 is 37.7 Å². The summed E-state index contributed by atoms with van der Waals surface area (Å²) in [5.41, 5.74) is 0. The van der Waals surface area contributed by atoms with Crippen molar-refractivity contribution in [3.8, 4) is 0 Å². The van der Waals surface area contributed by atoms with E-state index in [0.717, 1.165) is 10.0 Å². The molecule has 0 saturated carbocycles. The minimum absolute atomic E-state index is 0.765. The molecule has 0 radical (unpaired) electrons. The molecule has 0 fully saturated rings. The number of hydrogen-bond donors (Lipinski definition) is 0. The van der Waals surface area contributed by atoms with Crippen LogP contribution in [0.1, 0.15) is 0 Å². The van der Waals surface area contributed by atoms with Crippen LogP contribution in [-0.2, 0) is 4.46 Å². The van der Waals surface area contributed by atoms with Gasteiger partial charge in [-0.25, -0.2) is 0 Å². The number of hydrogen-bond acceptors (Lipinski definition) is 3. The Morgan fingerprint density at radius 2 is 0.429 bits per heavy atom. The van der Waals surface area contributed by atoms with Crippen molar-refractivity contribution in [1.29, 1.82) is 0 Å². The monoisotopic (exact) mass is 822 g/mol. The quantitative estimate of drug-likeness (QED) is 0.122. The van der Waals surface area contributed by atoms with Gasteiger partial charge in [0.15, 0.2) is 0 Å². The fourth-order valence-corrected chi connectivity index (χ4v) is 15.8. The van der Waals surface area contributed by atoms with Crippen LogP contribution < -0.4 is 52.0 Å². The van der Waals surface area contributed by atoms with E-state index in [2.05, 4.69) is 206 Å². The maximum Gasteiger partial charge on any atom is 0.144 e. The Kier molecular flexibility index (Phi) is 14.2. The molecule has 0 unspecified atom stereocenters. The molecule has 0 heterocycles. The largest absolute Gasteiger partial charge is 0.672 e. The van der Waals surface area contributed by atoms with Gasteiger partial charge < -0.3 is 14.1 Å². The predicted octanol–water partition coefficient (Wildman–Crippen LogP) is 7.04. The lowest BCUT2D eigenvalue weighted by atomic mass is 10.3. The Balaban J connectivity index is 0.000000174. The zero-order valence-corrected chi connectivity index (χ0v) is 34.6. The summed E-state index contributed by atoms with van der Waals surface area (Å²) >= 11 is 12.4. The van der Waals surface area contributed by atoms with Crippen molar-refractivity contribution >= 4 is 89.3 Å². The van der Waals surface area contributed by atoms with Crippen LogP contribution in [0.5, 0.6) is 0 Å². The Morgan fingerprint density at radius 3 is 0.589 bits per heavy atom. The average Bonchev–Trinajstić information content (AvgIpc) is 3.25. The lowest BCUT2D eigenvalue weighted by Gasteiger charge is -2.27. The van der Waals surface area contributed by atoms with Gasteiger partial charge in [-0.05, 0) is 121 Å². The molecule has 0 aliphatic heterocycles. The molecule has 0 aliphatic rings. The molecule has 0 atom stereocenters. The van der Waals surface area contributed by atoms with E-state index in [0.29, 0.717) is 0 Å². The van der Waals surface area contributed by atoms with Gasteiger partial charge in [0, 0.05) is 19.2 Å². The molecule has 0 N–H and O–H groups in total. The van der Waals surface area contributed by atoms with Gasteiger partial charge in [-0.2, -0.15) is 0 Å². The number of rotatable bonds is 8. The van der Waals surface area contributed by atoms with Crippen LogP contribution in [-0.4, -0.2) is 9.17 Å². The summed E-state index contributed by atoms with van der Waals surface area (Å²) < 4.78 is 8.52. The van der Waals surface area contributed by atoms with E-state index >= 15 is 0 Å². The zero-order valence-electron chi connectivity index (χ0n) is 30.3. The SMILES string of the molecule is Clc1ccc([P+](c2ccccc2)(c2ccccc2)c2ccccc2)cc1.Clc1ccc([P+](c2ccccc2)(c2ccccc2)c2ccccc2)cc1.O=[Si]([O-])[O-]. The fourth-order valence-electron chi connectivity index (χ4n) is 7.03. The Morgan fingerprint density at radius 1 is 0.286 bits per heavy atom. The molecule has 0 saturated heterocycles. The van der Waals surface area contributed by atoms with Gasteiger partial charge in [-0.3, -0.25) is 0 Å². The Labute approximate surface area is 342 Å². The van der Waals surface area contributed by atoms with Crippen molar-refractivity contribution in [2.45, 2.75) is 0 Å². The van der Waals surface area contributed by atoms with Gasteiger partial charge in [0.2, 0.25) is 0 Å². The lowest BCUT2D eigenvalue weighted by Crippen LogP contribution is -2.38. The highest BCUT2D eigenvalue weighted by Crippen LogP contribution is 2.55. The molecule has 276 valence electrons. The van der Waals surface area contributed by atoms with E-state index in [1.165, 1.54) is 42.4 Å². The molecule has 8 heteroatoms. The van der Waals surface area contributed by atoms with E-state index in [1.54, 1.807) is 0 Å². The third kappa shape index (κ3) is 9.09. The van der Waals surface area contributed by atoms with Crippen molar-refractivity contribution in [1.82, 2.24) is 0 Å². The second-order valence-corrected chi connectivity index (χ2v) is 20.7. The maximum absolute atomic E-state index is 8.52. The van der Waals surface area contributed by atoms with Gasteiger partial charge in [0.1, 0.15) is 57.0 Å². The molecule has 0 aliphatic carbocycles. The van der Waals surface area contributed by atoms with Crippen LogP contribution in [0.3, 0.4) is 0 Å². The summed E-state index contributed by atoms with van der Waals surface area (Å²) in [7, 11) is -7.60. The van der Waals surface area contributed by atoms with E-state index in [-0.39, 0.29) is 0 Å². The van der Waals surface area contributed by atoms with Crippen molar-refractivity contribution in [3.63, 3.8) is 0 Å². The van der Waals surface area contributed by atoms with Crippen LogP contribution in [0.25, 0.3) is 0 Å². The topological polar surface area (TPSA) is 63.2 Å². The summed E-state index contributed by atoms with van der Waals surface area (Å²) in [4.78, 5) is 17.0. The molecule has 0 amide bonds. The normalized spacial score (nSPS) is 10.9. The van der Waals surface area contributed by atoms with Crippen molar-refractivity contribution in [2.75, 3.05) is 0 Å². The minimum Gasteiger partial charge on any atom is -0.672 e. The summed E-state index contributed by atoms with van der Waals surface area (Å²) in [6.45, 7) is 0. The first-order valence-electron chi connectivity index (χ1n) is 17.9. The summed E-state index contributed by atoms with van der Waals surface area (Å²) in [6.07, 6.45) is 0. The second kappa shape index (κ2) is 19.6. The number of benzene rings is 8. The molecule has 0 bridgehead atoms. The van der Waals surface area contributed by atoms with Crippen LogP contribution in [0, 0.1) is 0 Å². The van der Waals surface area contributed by atoms with E-state index in [4.69, 9.17) is 37.3 Å². The molecule has 56 heavy (non-hydrogen) atoms. The highest BCUT2D eigenvalue weighted by atomic mass is 35.5. The highest BCUT2D eigenvalue weighted by Gasteiger charge is 2.48. The van der Waals surface area contributed by atoms with Gasteiger partial charge in [-0.1, -0.05) is 132 Å². The van der Waals surface area contributed by atoms with Crippen molar-refractivity contribution < 1.29 is 14.1 Å². The molecule has 8 rings (SSSR count). The van der Waals surface area contributed by atoms with Crippen molar-refractivity contribution in [3.05, 3.63) is 241 Å². The number of halogens is 2. The van der Waals surface area contributed by atoms with E-state index in [9.17, 15) is 0 Å². The van der Waals surface area contributed by atoms with Gasteiger partial charge in [-0.15, -0.1) is 0 Å². The summed E-state index contributed by atoms with van der Waals surface area (Å²) in [6, 6.07) is 81.8. The van der Waals surface area contributed by atoms with Gasteiger partial charge >= 0.3 is 0 Å². The minimum atomic E-state index is -3.63. The van der Waals surface area contributed by atoms with Crippen LogP contribution in [0.2, 0.25) is 10.0 Å². The standard InChI is InChI=1S/2C24H19ClP.O3Si/c2*25-20-16-18-24(19-17-20)26(21-10-4-1-5-11-21,22-12-6-2-7-13-22)23-14-8-3-9-15-23;1-4(2)3/h2*1-19H;/q2*+1;-2. The summed E-state index contributed by atoms with van der Waals surface area (Å²) in [5, 5.41) is 12.2. The van der Waals surface area contributed by atoms with Gasteiger partial charge in [0.25, 0.3) is 0 Å². The van der Waals surface area contributed by atoms with Crippen LogP contribution in [0.4, 0.5) is 0 Å². The molecule has 0 aromatic heterocycles. The third-order valence-electron chi connectivity index (χ3n) is 9.29. The highest BCUT2D eigenvalue weighted by molar-refractivity contribution is 8.02. The molecule has 8 aromatic rings. The van der Waals surface area contributed by atoms with Crippen LogP contribution in [0.15, 0.2) is 231 Å². The smallest absolute Gasteiger partial charge is 0.144 e. The molecular weight excluding hydrogens is 785 g/mol.